The van der Waals surface area contributed by atoms with Crippen LogP contribution >= 0.6 is 11.6 Å². The first kappa shape index (κ1) is 26.7. The highest BCUT2D eigenvalue weighted by atomic mass is 35.5. The van der Waals surface area contributed by atoms with E-state index < -0.39 is 0 Å². The van der Waals surface area contributed by atoms with Crippen LogP contribution in [0.5, 0.6) is 5.75 Å². The largest absolute Gasteiger partial charge is 0.490 e. The minimum atomic E-state index is -0.348. The van der Waals surface area contributed by atoms with E-state index in [1.54, 1.807) is 6.20 Å². The Labute approximate surface area is 229 Å². The monoisotopic (exact) mass is 536 g/mol. The lowest BCUT2D eigenvalue weighted by Gasteiger charge is -2.43. The topological polar surface area (TPSA) is 68.6 Å². The van der Waals surface area contributed by atoms with Crippen LogP contribution in [0.4, 0.5) is 5.69 Å². The Balaban J connectivity index is 1.17. The summed E-state index contributed by atoms with van der Waals surface area (Å²) in [6, 6.07) is 18.2. The van der Waals surface area contributed by atoms with Gasteiger partial charge in [0.25, 0.3) is 5.56 Å². The molecule has 0 amide bonds. The third-order valence-corrected chi connectivity index (χ3v) is 8.22. The molecule has 2 saturated heterocycles. The zero-order valence-corrected chi connectivity index (χ0v) is 23.0. The molecule has 3 heterocycles. The number of likely N-dealkylation sites (tertiary alicyclic amines) is 1. The lowest BCUT2D eigenvalue weighted by Crippen LogP contribution is -2.48. The zero-order valence-electron chi connectivity index (χ0n) is 22.2. The second-order valence-electron chi connectivity index (χ2n) is 10.8. The van der Waals surface area contributed by atoms with Crippen molar-refractivity contribution in [3.8, 4) is 11.4 Å². The van der Waals surface area contributed by atoms with Crippen LogP contribution in [0.25, 0.3) is 5.69 Å². The van der Waals surface area contributed by atoms with Crippen LogP contribution in [-0.2, 0) is 10.3 Å². The molecular weight excluding hydrogens is 500 g/mol. The number of hydrogen-bond donors (Lipinski definition) is 1. The maximum Gasteiger partial charge on any atom is 0.292 e. The quantitative estimate of drug-likeness (QED) is 0.410. The van der Waals surface area contributed by atoms with Gasteiger partial charge in [-0.1, -0.05) is 41.9 Å². The molecule has 202 valence electrons. The summed E-state index contributed by atoms with van der Waals surface area (Å²) in [6.07, 6.45) is 5.88. The van der Waals surface area contributed by atoms with E-state index in [9.17, 15) is 4.79 Å². The van der Waals surface area contributed by atoms with Crippen molar-refractivity contribution in [1.29, 1.82) is 0 Å². The number of benzene rings is 2. The van der Waals surface area contributed by atoms with Gasteiger partial charge in [0.2, 0.25) is 0 Å². The third kappa shape index (κ3) is 6.06. The Morgan fingerprint density at radius 2 is 1.82 bits per heavy atom. The maximum atomic E-state index is 12.9. The number of halogens is 1. The zero-order chi connectivity index (χ0) is 26.5. The van der Waals surface area contributed by atoms with Crippen molar-refractivity contribution in [3.63, 3.8) is 0 Å². The molecular formula is C30H37ClN4O3. The lowest BCUT2D eigenvalue weighted by atomic mass is 9.90. The highest BCUT2D eigenvalue weighted by Crippen LogP contribution is 2.31. The molecule has 7 nitrogen and oxygen atoms in total. The van der Waals surface area contributed by atoms with Gasteiger partial charge < -0.3 is 14.8 Å². The molecule has 2 aliphatic heterocycles. The van der Waals surface area contributed by atoms with E-state index in [2.05, 4.69) is 59.5 Å². The normalized spacial score (nSPS) is 19.3. The Bertz CT molecular complexity index is 1250. The van der Waals surface area contributed by atoms with E-state index >= 15 is 0 Å². The van der Waals surface area contributed by atoms with Crippen molar-refractivity contribution >= 4 is 17.3 Å². The predicted octanol–water partition coefficient (Wildman–Crippen LogP) is 5.50. The molecule has 1 aromatic heterocycles. The number of ether oxygens (including phenoxy) is 2. The molecule has 1 atom stereocenters. The van der Waals surface area contributed by atoms with Crippen LogP contribution in [0.3, 0.4) is 0 Å². The molecule has 2 aromatic carbocycles. The number of piperidine rings is 1. The molecule has 2 fully saturated rings. The van der Waals surface area contributed by atoms with E-state index in [1.165, 1.54) is 10.2 Å². The first-order valence-corrected chi connectivity index (χ1v) is 14.0. The van der Waals surface area contributed by atoms with Crippen molar-refractivity contribution in [3.05, 3.63) is 81.7 Å². The summed E-state index contributed by atoms with van der Waals surface area (Å²) in [5, 5.41) is 7.76. The molecule has 0 saturated carbocycles. The van der Waals surface area contributed by atoms with Crippen molar-refractivity contribution in [2.24, 2.45) is 5.92 Å². The fourth-order valence-corrected chi connectivity index (χ4v) is 5.58. The minimum Gasteiger partial charge on any atom is -0.490 e. The molecule has 2 aliphatic rings. The summed E-state index contributed by atoms with van der Waals surface area (Å²) in [5.74, 6) is 1.21. The van der Waals surface area contributed by atoms with Crippen molar-refractivity contribution in [2.45, 2.75) is 51.2 Å². The van der Waals surface area contributed by atoms with Crippen LogP contribution in [-0.4, -0.2) is 53.6 Å². The van der Waals surface area contributed by atoms with E-state index in [4.69, 9.17) is 21.1 Å². The van der Waals surface area contributed by atoms with Crippen LogP contribution in [0.1, 0.15) is 45.1 Å². The fraction of sp³-hybridized carbons (Fsp3) is 0.467. The molecule has 0 radical (unpaired) electrons. The molecule has 5 rings (SSSR count). The standard InChI is InChI=1S/C30H37ClN4O3/c1-30(2,23-8-4-3-5-9-23)34-16-14-26(15-17-34)38-25-12-10-24(11-13-25)35-29(36)28(31)27(20-33-35)32-19-22-7-6-18-37-21-22/h3-5,8-13,20,22,26,32H,6-7,14-19,21H2,1-2H3/t22-/m1/s1. The van der Waals surface area contributed by atoms with Gasteiger partial charge in [-0.2, -0.15) is 9.78 Å². The molecule has 0 aliphatic carbocycles. The van der Waals surface area contributed by atoms with E-state index in [1.807, 2.05) is 24.3 Å². The fourth-order valence-electron chi connectivity index (χ4n) is 5.38. The highest BCUT2D eigenvalue weighted by molar-refractivity contribution is 6.32. The average Bonchev–Trinajstić information content (AvgIpc) is 2.96. The van der Waals surface area contributed by atoms with Gasteiger partial charge in [0.1, 0.15) is 16.9 Å². The molecule has 0 unspecified atom stereocenters. The van der Waals surface area contributed by atoms with Crippen LogP contribution < -0.4 is 15.6 Å². The number of hydrogen-bond acceptors (Lipinski definition) is 6. The maximum absolute atomic E-state index is 12.9. The van der Waals surface area contributed by atoms with Crippen LogP contribution in [0.15, 0.2) is 65.6 Å². The summed E-state index contributed by atoms with van der Waals surface area (Å²) in [4.78, 5) is 15.5. The molecule has 38 heavy (non-hydrogen) atoms. The van der Waals surface area contributed by atoms with Crippen LogP contribution in [0.2, 0.25) is 5.02 Å². The smallest absolute Gasteiger partial charge is 0.292 e. The SMILES string of the molecule is CC(C)(c1ccccc1)N1CCC(Oc2ccc(-n3ncc(NC[C@H]4CCCOC4)c(Cl)c3=O)cc2)CC1. The van der Waals surface area contributed by atoms with E-state index in [0.29, 0.717) is 23.8 Å². The second-order valence-corrected chi connectivity index (χ2v) is 11.2. The molecule has 8 heteroatoms. The van der Waals surface area contributed by atoms with Crippen molar-refractivity contribution < 1.29 is 9.47 Å². The summed E-state index contributed by atoms with van der Waals surface area (Å²) < 4.78 is 13.1. The van der Waals surface area contributed by atoms with Crippen molar-refractivity contribution in [2.75, 3.05) is 38.2 Å². The van der Waals surface area contributed by atoms with Crippen molar-refractivity contribution in [1.82, 2.24) is 14.7 Å². The highest BCUT2D eigenvalue weighted by Gasteiger charge is 2.32. The van der Waals surface area contributed by atoms with Gasteiger partial charge in [-0.15, -0.1) is 0 Å². The summed E-state index contributed by atoms with van der Waals surface area (Å²) >= 11 is 6.41. The van der Waals surface area contributed by atoms with E-state index in [-0.39, 0.29) is 22.2 Å². The molecule has 0 spiro atoms. The van der Waals surface area contributed by atoms with Gasteiger partial charge >= 0.3 is 0 Å². The number of nitrogens with one attached hydrogen (secondary N) is 1. The van der Waals surface area contributed by atoms with Gasteiger partial charge in [0.15, 0.2) is 0 Å². The Kier molecular flexibility index (Phi) is 8.36. The Morgan fingerprint density at radius 1 is 1.08 bits per heavy atom. The van der Waals surface area contributed by atoms with Crippen LogP contribution in [0, 0.1) is 5.92 Å². The van der Waals surface area contributed by atoms with Gasteiger partial charge in [-0.25, -0.2) is 0 Å². The third-order valence-electron chi connectivity index (χ3n) is 7.85. The van der Waals surface area contributed by atoms with Gasteiger partial charge in [-0.05, 0) is 75.3 Å². The molecule has 3 aromatic rings. The lowest BCUT2D eigenvalue weighted by molar-refractivity contribution is 0.0392. The van der Waals surface area contributed by atoms with Gasteiger partial charge in [-0.3, -0.25) is 9.69 Å². The van der Waals surface area contributed by atoms with Gasteiger partial charge in [0.05, 0.1) is 24.2 Å². The first-order chi connectivity index (χ1) is 18.4. The molecule has 0 bridgehead atoms. The number of aromatic nitrogens is 2. The Morgan fingerprint density at radius 3 is 2.50 bits per heavy atom. The second kappa shape index (κ2) is 11.9. The minimum absolute atomic E-state index is 0.00916. The predicted molar refractivity (Wildman–Crippen MR) is 152 cm³/mol. The van der Waals surface area contributed by atoms with Gasteiger partial charge in [0, 0.05) is 31.8 Å². The summed E-state index contributed by atoms with van der Waals surface area (Å²) in [5.41, 5.74) is 2.18. The Hall–Kier alpha value is -2.87. The number of nitrogens with zero attached hydrogens (tertiary/aromatic N) is 3. The average molecular weight is 537 g/mol. The summed E-state index contributed by atoms with van der Waals surface area (Å²) in [6.45, 7) is 8.81. The van der Waals surface area contributed by atoms with E-state index in [0.717, 1.165) is 57.7 Å². The number of anilines is 1. The molecule has 1 N–H and O–H groups in total. The first-order valence-electron chi connectivity index (χ1n) is 13.6. The number of rotatable bonds is 8. The summed E-state index contributed by atoms with van der Waals surface area (Å²) in [7, 11) is 0.